The van der Waals surface area contributed by atoms with Crippen LogP contribution in [0.3, 0.4) is 0 Å². The Balaban J connectivity index is 1.78. The maximum absolute atomic E-state index is 13.7. The smallest absolute Gasteiger partial charge is 0.190 e. The van der Waals surface area contributed by atoms with Crippen molar-refractivity contribution in [3.8, 4) is 10.6 Å². The van der Waals surface area contributed by atoms with Crippen molar-refractivity contribution in [1.82, 2.24) is 4.57 Å². The first kappa shape index (κ1) is 17.0. The van der Waals surface area contributed by atoms with Gasteiger partial charge in [0.25, 0.3) is 0 Å². The Morgan fingerprint density at radius 1 is 1.32 bits per heavy atom. The minimum Gasteiger partial charge on any atom is -0.376 e. The van der Waals surface area contributed by atoms with Gasteiger partial charge in [0, 0.05) is 18.1 Å². The second-order valence-corrected chi connectivity index (χ2v) is 8.03. The largest absolute Gasteiger partial charge is 0.376 e. The van der Waals surface area contributed by atoms with E-state index in [1.54, 1.807) is 28.7 Å². The van der Waals surface area contributed by atoms with E-state index in [9.17, 15) is 4.39 Å². The maximum Gasteiger partial charge on any atom is 0.190 e. The van der Waals surface area contributed by atoms with E-state index in [0.717, 1.165) is 36.5 Å². The zero-order chi connectivity index (χ0) is 17.2. The first-order valence-electron chi connectivity index (χ1n) is 8.04. The molecule has 0 saturated carbocycles. The van der Waals surface area contributed by atoms with Crippen molar-refractivity contribution in [2.24, 2.45) is 4.99 Å². The van der Waals surface area contributed by atoms with Gasteiger partial charge in [-0.3, -0.25) is 0 Å². The van der Waals surface area contributed by atoms with Gasteiger partial charge in [-0.25, -0.2) is 9.38 Å². The summed E-state index contributed by atoms with van der Waals surface area (Å²) < 4.78 is 21.7. The molecule has 3 aromatic rings. The number of hydrogen-bond donors (Lipinski definition) is 0. The summed E-state index contributed by atoms with van der Waals surface area (Å²) in [5.41, 5.74) is 1.69. The van der Waals surface area contributed by atoms with Crippen LogP contribution in [0, 0.1) is 5.82 Å². The van der Waals surface area contributed by atoms with Crippen LogP contribution < -0.4 is 4.80 Å². The van der Waals surface area contributed by atoms with Crippen molar-refractivity contribution in [2.75, 3.05) is 6.61 Å². The molecular formula is C18H16ClFN2OS2. The molecule has 0 spiro atoms. The van der Waals surface area contributed by atoms with E-state index < -0.39 is 5.82 Å². The average Bonchev–Trinajstić information content (AvgIpc) is 3.34. The zero-order valence-electron chi connectivity index (χ0n) is 13.3. The van der Waals surface area contributed by atoms with Crippen molar-refractivity contribution in [3.63, 3.8) is 0 Å². The molecule has 3 heterocycles. The Kier molecular flexibility index (Phi) is 5.03. The molecule has 130 valence electrons. The third kappa shape index (κ3) is 3.72. The molecule has 1 unspecified atom stereocenters. The molecule has 0 aliphatic carbocycles. The fourth-order valence-corrected chi connectivity index (χ4v) is 4.75. The van der Waals surface area contributed by atoms with Gasteiger partial charge < -0.3 is 9.30 Å². The predicted octanol–water partition coefficient (Wildman–Crippen LogP) is 5.48. The quantitative estimate of drug-likeness (QED) is 0.575. The summed E-state index contributed by atoms with van der Waals surface area (Å²) >= 11 is 9.02. The number of ether oxygens (including phenoxy) is 1. The van der Waals surface area contributed by atoms with E-state index in [0.29, 0.717) is 5.69 Å². The van der Waals surface area contributed by atoms with Gasteiger partial charge in [-0.05, 0) is 36.4 Å². The lowest BCUT2D eigenvalue weighted by molar-refractivity contribution is 0.0968. The number of benzene rings is 1. The molecule has 3 nitrogen and oxygen atoms in total. The molecule has 25 heavy (non-hydrogen) atoms. The molecule has 1 aliphatic rings. The normalized spacial score (nSPS) is 18.2. The number of halogens is 2. The highest BCUT2D eigenvalue weighted by molar-refractivity contribution is 7.14. The van der Waals surface area contributed by atoms with Gasteiger partial charge >= 0.3 is 0 Å². The minimum absolute atomic E-state index is 0.108. The summed E-state index contributed by atoms with van der Waals surface area (Å²) in [7, 11) is 0. The molecule has 0 bridgehead atoms. The summed E-state index contributed by atoms with van der Waals surface area (Å²) in [5, 5.41) is 4.28. The lowest BCUT2D eigenvalue weighted by Crippen LogP contribution is -2.23. The molecule has 0 radical (unpaired) electrons. The van der Waals surface area contributed by atoms with Gasteiger partial charge in [-0.15, -0.1) is 22.7 Å². The van der Waals surface area contributed by atoms with Gasteiger partial charge in [0.15, 0.2) is 4.80 Å². The van der Waals surface area contributed by atoms with Crippen LogP contribution in [0.1, 0.15) is 12.8 Å². The second kappa shape index (κ2) is 7.41. The van der Waals surface area contributed by atoms with E-state index in [4.69, 9.17) is 16.3 Å². The number of hydrogen-bond acceptors (Lipinski definition) is 4. The van der Waals surface area contributed by atoms with Crippen LogP contribution >= 0.6 is 34.3 Å². The van der Waals surface area contributed by atoms with Crippen LogP contribution in [0.4, 0.5) is 10.1 Å². The Morgan fingerprint density at radius 3 is 2.96 bits per heavy atom. The SMILES string of the molecule is Fc1cc(N=c2scc(-c3cccs3)n2CC2CCCO2)ccc1Cl. The Labute approximate surface area is 158 Å². The molecule has 7 heteroatoms. The minimum atomic E-state index is -0.455. The summed E-state index contributed by atoms with van der Waals surface area (Å²) in [5.74, 6) is -0.455. The first-order chi connectivity index (χ1) is 12.2. The third-order valence-corrected chi connectivity index (χ3v) is 6.17. The summed E-state index contributed by atoms with van der Waals surface area (Å²) in [6.45, 7) is 1.57. The molecule has 1 aromatic carbocycles. The fraction of sp³-hybridized carbons (Fsp3) is 0.278. The monoisotopic (exact) mass is 394 g/mol. The summed E-state index contributed by atoms with van der Waals surface area (Å²) in [6, 6.07) is 8.77. The van der Waals surface area contributed by atoms with Crippen molar-refractivity contribution >= 4 is 40.0 Å². The fourth-order valence-electron chi connectivity index (χ4n) is 2.87. The summed E-state index contributed by atoms with van der Waals surface area (Å²) in [6.07, 6.45) is 2.36. The predicted molar refractivity (Wildman–Crippen MR) is 101 cm³/mol. The van der Waals surface area contributed by atoms with Crippen molar-refractivity contribution < 1.29 is 9.13 Å². The van der Waals surface area contributed by atoms with Gasteiger partial charge in [0.2, 0.25) is 0 Å². The highest BCUT2D eigenvalue weighted by Gasteiger charge is 2.19. The highest BCUT2D eigenvalue weighted by atomic mass is 35.5. The van der Waals surface area contributed by atoms with Crippen molar-refractivity contribution in [3.05, 3.63) is 56.7 Å². The Morgan fingerprint density at radius 2 is 2.24 bits per heavy atom. The third-order valence-electron chi connectivity index (χ3n) is 4.11. The number of nitrogens with zero attached hydrogens (tertiary/aromatic N) is 2. The number of aromatic nitrogens is 1. The van der Waals surface area contributed by atoms with Crippen LogP contribution in [-0.4, -0.2) is 17.3 Å². The molecular weight excluding hydrogens is 379 g/mol. The van der Waals surface area contributed by atoms with E-state index in [1.807, 2.05) is 6.07 Å². The van der Waals surface area contributed by atoms with Crippen LogP contribution in [0.15, 0.2) is 46.1 Å². The zero-order valence-corrected chi connectivity index (χ0v) is 15.7. The Hall–Kier alpha value is -1.47. The number of thiazole rings is 1. The second-order valence-electron chi connectivity index (χ2n) is 5.84. The number of rotatable bonds is 4. The Bertz CT molecular complexity index is 927. The van der Waals surface area contributed by atoms with Gasteiger partial charge in [-0.1, -0.05) is 17.7 Å². The first-order valence-corrected chi connectivity index (χ1v) is 10.2. The van der Waals surface area contributed by atoms with E-state index >= 15 is 0 Å². The standard InChI is InChI=1S/C18H16ClFN2OS2/c19-14-6-5-12(9-15(14)20)21-18-22(10-13-3-1-7-23-13)16(11-25-18)17-4-2-8-24-17/h2,4-6,8-9,11,13H,1,3,7,10H2. The highest BCUT2D eigenvalue weighted by Crippen LogP contribution is 2.27. The molecule has 1 fully saturated rings. The van der Waals surface area contributed by atoms with Crippen LogP contribution in [0.25, 0.3) is 10.6 Å². The van der Waals surface area contributed by atoms with Crippen molar-refractivity contribution in [2.45, 2.75) is 25.5 Å². The molecule has 2 aromatic heterocycles. The topological polar surface area (TPSA) is 26.5 Å². The molecule has 0 N–H and O–H groups in total. The van der Waals surface area contributed by atoms with Gasteiger partial charge in [-0.2, -0.15) is 0 Å². The molecule has 4 rings (SSSR count). The molecule has 1 atom stereocenters. The lowest BCUT2D eigenvalue weighted by Gasteiger charge is -2.13. The van der Waals surface area contributed by atoms with E-state index in [2.05, 4.69) is 26.4 Å². The van der Waals surface area contributed by atoms with Crippen LogP contribution in [0.2, 0.25) is 5.02 Å². The lowest BCUT2D eigenvalue weighted by atomic mass is 10.2. The molecule has 1 saturated heterocycles. The van der Waals surface area contributed by atoms with E-state index in [1.165, 1.54) is 17.0 Å². The van der Waals surface area contributed by atoms with Gasteiger partial charge in [0.05, 0.1) is 33.9 Å². The number of thiophene rings is 1. The van der Waals surface area contributed by atoms with E-state index in [-0.39, 0.29) is 11.1 Å². The average molecular weight is 395 g/mol. The van der Waals surface area contributed by atoms with Crippen molar-refractivity contribution in [1.29, 1.82) is 0 Å². The summed E-state index contributed by atoms with van der Waals surface area (Å²) in [4.78, 5) is 6.67. The van der Waals surface area contributed by atoms with Crippen LogP contribution in [-0.2, 0) is 11.3 Å². The molecule has 1 aliphatic heterocycles. The molecule has 0 amide bonds. The maximum atomic E-state index is 13.7. The van der Waals surface area contributed by atoms with Crippen LogP contribution in [0.5, 0.6) is 0 Å². The van der Waals surface area contributed by atoms with Gasteiger partial charge in [0.1, 0.15) is 5.82 Å².